The van der Waals surface area contributed by atoms with Crippen molar-refractivity contribution < 1.29 is 9.59 Å². The van der Waals surface area contributed by atoms with Gasteiger partial charge in [-0.2, -0.15) is 0 Å². The van der Waals surface area contributed by atoms with E-state index in [1.165, 1.54) is 11.3 Å². The molecule has 6 heteroatoms. The highest BCUT2D eigenvalue weighted by Gasteiger charge is 2.17. The second-order valence-corrected chi connectivity index (χ2v) is 7.60. The van der Waals surface area contributed by atoms with E-state index in [0.717, 1.165) is 16.1 Å². The molecule has 2 N–H and O–H groups in total. The van der Waals surface area contributed by atoms with Crippen LogP contribution in [0.3, 0.4) is 0 Å². The second kappa shape index (κ2) is 6.50. The van der Waals surface area contributed by atoms with E-state index in [2.05, 4.69) is 36.4 Å². The van der Waals surface area contributed by atoms with Gasteiger partial charge in [-0.1, -0.05) is 32.9 Å². The van der Waals surface area contributed by atoms with Crippen LogP contribution in [0, 0.1) is 13.8 Å². The molecule has 0 aliphatic carbocycles. The van der Waals surface area contributed by atoms with Gasteiger partial charge in [0.15, 0.2) is 5.13 Å². The number of carbonyl (C=O) groups excluding carboxylic acids is 2. The summed E-state index contributed by atoms with van der Waals surface area (Å²) >= 11 is 1.35. The Morgan fingerprint density at radius 2 is 1.57 bits per heavy atom. The van der Waals surface area contributed by atoms with Crippen LogP contribution in [0.2, 0.25) is 0 Å². The Labute approximate surface area is 140 Å². The minimum absolute atomic E-state index is 0.0421. The van der Waals surface area contributed by atoms with Crippen molar-refractivity contribution >= 4 is 34.0 Å². The van der Waals surface area contributed by atoms with Crippen molar-refractivity contribution in [1.82, 2.24) is 4.98 Å². The van der Waals surface area contributed by atoms with E-state index in [-0.39, 0.29) is 5.41 Å². The molecule has 0 aliphatic heterocycles. The molecular weight excluding hydrogens is 310 g/mol. The Kier molecular flexibility index (Phi) is 4.85. The maximum Gasteiger partial charge on any atom is 0.315 e. The second-order valence-electron chi connectivity index (χ2n) is 6.40. The van der Waals surface area contributed by atoms with Crippen molar-refractivity contribution in [3.05, 3.63) is 40.4 Å². The Bertz CT molecular complexity index is 708. The van der Waals surface area contributed by atoms with Crippen molar-refractivity contribution in [3.8, 4) is 0 Å². The molecule has 0 atom stereocenters. The lowest BCUT2D eigenvalue weighted by Gasteiger charge is -2.19. The van der Waals surface area contributed by atoms with Crippen molar-refractivity contribution in [1.29, 1.82) is 0 Å². The van der Waals surface area contributed by atoms with Crippen molar-refractivity contribution in [2.75, 3.05) is 10.6 Å². The van der Waals surface area contributed by atoms with Gasteiger partial charge in [0.1, 0.15) is 0 Å². The number of thiazole rings is 1. The molecule has 0 fully saturated rings. The summed E-state index contributed by atoms with van der Waals surface area (Å²) in [6.45, 7) is 10.1. The van der Waals surface area contributed by atoms with Gasteiger partial charge >= 0.3 is 11.8 Å². The number of aryl methyl sites for hydroxylation is 2. The lowest BCUT2D eigenvalue weighted by Crippen LogP contribution is -2.29. The molecule has 5 nitrogen and oxygen atoms in total. The van der Waals surface area contributed by atoms with Crippen LogP contribution in [0.4, 0.5) is 10.8 Å². The number of aromatic nitrogens is 1. The lowest BCUT2D eigenvalue weighted by molar-refractivity contribution is -0.132. The van der Waals surface area contributed by atoms with Crippen LogP contribution in [0.15, 0.2) is 24.3 Å². The van der Waals surface area contributed by atoms with Crippen LogP contribution in [0.5, 0.6) is 0 Å². The van der Waals surface area contributed by atoms with Crippen LogP contribution in [-0.4, -0.2) is 16.8 Å². The van der Waals surface area contributed by atoms with Gasteiger partial charge in [-0.25, -0.2) is 4.98 Å². The number of carbonyl (C=O) groups is 2. The Balaban J connectivity index is 1.99. The van der Waals surface area contributed by atoms with Crippen molar-refractivity contribution in [2.24, 2.45) is 0 Å². The zero-order valence-electron chi connectivity index (χ0n) is 14.0. The predicted octanol–water partition coefficient (Wildman–Crippen LogP) is 3.63. The van der Waals surface area contributed by atoms with Crippen LogP contribution in [0.25, 0.3) is 0 Å². The quantitative estimate of drug-likeness (QED) is 0.825. The molecule has 1 aromatic carbocycles. The number of amides is 2. The van der Waals surface area contributed by atoms with Gasteiger partial charge in [-0.3, -0.25) is 14.9 Å². The Hall–Kier alpha value is -2.21. The normalized spacial score (nSPS) is 11.2. The van der Waals surface area contributed by atoms with Gasteiger partial charge in [0.2, 0.25) is 0 Å². The van der Waals surface area contributed by atoms with E-state index < -0.39 is 11.8 Å². The number of rotatable bonds is 2. The summed E-state index contributed by atoms with van der Waals surface area (Å²) in [5, 5.41) is 5.54. The number of nitrogens with zero attached hydrogens (tertiary/aromatic N) is 1. The third-order valence-corrected chi connectivity index (χ3v) is 4.45. The molecule has 0 saturated carbocycles. The number of hydrogen-bond donors (Lipinski definition) is 2. The highest BCUT2D eigenvalue weighted by molar-refractivity contribution is 7.15. The molecule has 0 bridgehead atoms. The summed E-state index contributed by atoms with van der Waals surface area (Å²) in [7, 11) is 0. The summed E-state index contributed by atoms with van der Waals surface area (Å²) in [4.78, 5) is 29.0. The van der Waals surface area contributed by atoms with E-state index in [4.69, 9.17) is 0 Å². The number of anilines is 2. The molecule has 2 rings (SSSR count). The largest absolute Gasteiger partial charge is 0.318 e. The molecule has 2 aromatic rings. The highest BCUT2D eigenvalue weighted by atomic mass is 32.1. The van der Waals surface area contributed by atoms with E-state index >= 15 is 0 Å². The summed E-state index contributed by atoms with van der Waals surface area (Å²) in [5.74, 6) is -1.43. The topological polar surface area (TPSA) is 71.1 Å². The maximum absolute atomic E-state index is 11.9. The monoisotopic (exact) mass is 331 g/mol. The predicted molar refractivity (Wildman–Crippen MR) is 94.0 cm³/mol. The first-order chi connectivity index (χ1) is 10.7. The first-order valence-corrected chi connectivity index (χ1v) is 8.15. The molecule has 0 radical (unpaired) electrons. The average Bonchev–Trinajstić information content (AvgIpc) is 2.76. The molecule has 0 spiro atoms. The SMILES string of the molecule is Cc1nc(NC(=O)C(=O)Nc2ccc(C(C)(C)C)cc2)sc1C. The van der Waals surface area contributed by atoms with Crippen molar-refractivity contribution in [2.45, 2.75) is 40.0 Å². The molecule has 23 heavy (non-hydrogen) atoms. The molecule has 0 saturated heterocycles. The van der Waals surface area contributed by atoms with Crippen molar-refractivity contribution in [3.63, 3.8) is 0 Å². The summed E-state index contributed by atoms with van der Waals surface area (Å²) in [6.07, 6.45) is 0. The molecule has 0 unspecified atom stereocenters. The first-order valence-electron chi connectivity index (χ1n) is 7.34. The Morgan fingerprint density at radius 1 is 1.00 bits per heavy atom. The Morgan fingerprint density at radius 3 is 2.04 bits per heavy atom. The van der Waals surface area contributed by atoms with Gasteiger partial charge in [0, 0.05) is 10.6 Å². The van der Waals surface area contributed by atoms with Crippen LogP contribution < -0.4 is 10.6 Å². The maximum atomic E-state index is 11.9. The van der Waals surface area contributed by atoms with Gasteiger partial charge in [-0.05, 0) is 37.0 Å². The van der Waals surface area contributed by atoms with E-state index in [9.17, 15) is 9.59 Å². The zero-order valence-corrected chi connectivity index (χ0v) is 14.8. The molecule has 122 valence electrons. The standard InChI is InChI=1S/C17H21N3O2S/c1-10-11(2)23-16(18-10)20-15(22)14(21)19-13-8-6-12(7-9-13)17(3,4)5/h6-9H,1-5H3,(H,19,21)(H,18,20,22). The lowest BCUT2D eigenvalue weighted by atomic mass is 9.87. The van der Waals surface area contributed by atoms with Gasteiger partial charge < -0.3 is 5.32 Å². The minimum Gasteiger partial charge on any atom is -0.318 e. The van der Waals surface area contributed by atoms with E-state index in [1.807, 2.05) is 26.0 Å². The molecule has 1 heterocycles. The smallest absolute Gasteiger partial charge is 0.315 e. The van der Waals surface area contributed by atoms with Gasteiger partial charge in [0.25, 0.3) is 0 Å². The fourth-order valence-electron chi connectivity index (χ4n) is 1.92. The van der Waals surface area contributed by atoms with Gasteiger partial charge in [0.05, 0.1) is 5.69 Å². The molecule has 1 aromatic heterocycles. The summed E-state index contributed by atoms with van der Waals surface area (Å²) in [5.41, 5.74) is 2.64. The average molecular weight is 331 g/mol. The fourth-order valence-corrected chi connectivity index (χ4v) is 2.73. The number of nitrogens with one attached hydrogen (secondary N) is 2. The third kappa shape index (κ3) is 4.39. The van der Waals surface area contributed by atoms with Gasteiger partial charge in [-0.15, -0.1) is 11.3 Å². The zero-order chi connectivity index (χ0) is 17.2. The molecular formula is C17H21N3O2S. The van der Waals surface area contributed by atoms with E-state index in [0.29, 0.717) is 10.8 Å². The molecule has 0 aliphatic rings. The highest BCUT2D eigenvalue weighted by Crippen LogP contribution is 2.24. The molecule has 2 amide bonds. The van der Waals surface area contributed by atoms with Crippen LogP contribution in [0.1, 0.15) is 36.9 Å². The third-order valence-electron chi connectivity index (χ3n) is 3.46. The first kappa shape index (κ1) is 17.1. The van der Waals surface area contributed by atoms with Crippen LogP contribution >= 0.6 is 11.3 Å². The van der Waals surface area contributed by atoms with Crippen LogP contribution in [-0.2, 0) is 15.0 Å². The number of benzene rings is 1. The fraction of sp³-hybridized carbons (Fsp3) is 0.353. The minimum atomic E-state index is -0.723. The summed E-state index contributed by atoms with van der Waals surface area (Å²) < 4.78 is 0. The number of hydrogen-bond acceptors (Lipinski definition) is 4. The van der Waals surface area contributed by atoms with E-state index in [1.54, 1.807) is 12.1 Å². The summed E-state index contributed by atoms with van der Waals surface area (Å²) in [6, 6.07) is 7.48.